The van der Waals surface area contributed by atoms with Gasteiger partial charge in [-0.05, 0) is 32.4 Å². The summed E-state index contributed by atoms with van der Waals surface area (Å²) in [4.78, 5) is 0. The first kappa shape index (κ1) is 7.92. The number of aromatic nitrogens is 2. The van der Waals surface area contributed by atoms with E-state index in [0.29, 0.717) is 0 Å². The van der Waals surface area contributed by atoms with Crippen LogP contribution in [0.3, 0.4) is 0 Å². The second-order valence-electron chi connectivity index (χ2n) is 3.53. The van der Waals surface area contributed by atoms with Gasteiger partial charge in [0.1, 0.15) is 0 Å². The number of hydrogen-bond donors (Lipinski definition) is 1. The Morgan fingerprint density at radius 1 is 1.42 bits per heavy atom. The van der Waals surface area contributed by atoms with Gasteiger partial charge < -0.3 is 5.32 Å². The lowest BCUT2D eigenvalue weighted by molar-refractivity contribution is 0.353. The standard InChI is InChI=1S/C9H17N3/c1-2-11-5-6-12(11)8-9-3-4-10-7-9/h5-6,9-10H,2-4,7-8H2,1H3. The van der Waals surface area contributed by atoms with Crippen LogP contribution in [0.5, 0.6) is 0 Å². The van der Waals surface area contributed by atoms with Gasteiger partial charge in [-0.25, -0.2) is 0 Å². The molecule has 68 valence electrons. The molecule has 1 aliphatic rings. The van der Waals surface area contributed by atoms with Crippen molar-refractivity contribution in [2.75, 3.05) is 13.1 Å². The predicted molar refractivity (Wildman–Crippen MR) is 49.1 cm³/mol. The van der Waals surface area contributed by atoms with E-state index in [1.807, 2.05) is 0 Å². The third kappa shape index (κ3) is 1.41. The summed E-state index contributed by atoms with van der Waals surface area (Å²) in [5.41, 5.74) is 0. The van der Waals surface area contributed by atoms with Crippen molar-refractivity contribution in [2.24, 2.45) is 5.92 Å². The predicted octanol–water partition coefficient (Wildman–Crippen LogP) is 0.919. The molecule has 3 heteroatoms. The van der Waals surface area contributed by atoms with E-state index in [2.05, 4.69) is 34.0 Å². The minimum atomic E-state index is 0.851. The van der Waals surface area contributed by atoms with Gasteiger partial charge in [0.15, 0.2) is 0 Å². The van der Waals surface area contributed by atoms with E-state index in [1.165, 1.54) is 26.1 Å². The smallest absolute Gasteiger partial charge is 0.0430 e. The highest BCUT2D eigenvalue weighted by atomic mass is 15.4. The zero-order valence-corrected chi connectivity index (χ0v) is 7.66. The van der Waals surface area contributed by atoms with Crippen molar-refractivity contribution in [3.05, 3.63) is 12.4 Å². The first-order valence-electron chi connectivity index (χ1n) is 4.82. The van der Waals surface area contributed by atoms with Gasteiger partial charge in [-0.15, -0.1) is 0 Å². The van der Waals surface area contributed by atoms with Gasteiger partial charge in [0.05, 0.1) is 0 Å². The van der Waals surface area contributed by atoms with Gasteiger partial charge in [0, 0.05) is 25.5 Å². The molecule has 1 saturated heterocycles. The molecule has 1 fully saturated rings. The number of nitrogens with zero attached hydrogens (tertiary/aromatic N) is 2. The van der Waals surface area contributed by atoms with Crippen molar-refractivity contribution >= 4 is 0 Å². The van der Waals surface area contributed by atoms with Crippen LogP contribution >= 0.6 is 0 Å². The lowest BCUT2D eigenvalue weighted by atomic mass is 10.1. The van der Waals surface area contributed by atoms with Crippen LogP contribution in [0.15, 0.2) is 12.4 Å². The van der Waals surface area contributed by atoms with E-state index >= 15 is 0 Å². The molecular weight excluding hydrogens is 150 g/mol. The van der Waals surface area contributed by atoms with Crippen molar-refractivity contribution in [3.8, 4) is 0 Å². The molecule has 1 aromatic heterocycles. The van der Waals surface area contributed by atoms with Gasteiger partial charge in [-0.1, -0.05) is 0 Å². The highest BCUT2D eigenvalue weighted by Crippen LogP contribution is 2.11. The molecule has 3 nitrogen and oxygen atoms in total. The SMILES string of the molecule is CCn1ccn1CC1CCNC1. The fraction of sp³-hybridized carbons (Fsp3) is 0.778. The summed E-state index contributed by atoms with van der Waals surface area (Å²) >= 11 is 0. The molecule has 0 bridgehead atoms. The van der Waals surface area contributed by atoms with E-state index in [1.54, 1.807) is 0 Å². The molecule has 0 aliphatic carbocycles. The van der Waals surface area contributed by atoms with Gasteiger partial charge in [0.25, 0.3) is 0 Å². The minimum Gasteiger partial charge on any atom is -0.316 e. The Balaban J connectivity index is 1.87. The fourth-order valence-electron chi connectivity index (χ4n) is 1.84. The van der Waals surface area contributed by atoms with Gasteiger partial charge in [0.2, 0.25) is 0 Å². The lowest BCUT2D eigenvalue weighted by Crippen LogP contribution is -2.24. The quantitative estimate of drug-likeness (QED) is 0.710. The summed E-state index contributed by atoms with van der Waals surface area (Å²) in [5, 5.41) is 3.39. The Bertz CT molecular complexity index is 230. The van der Waals surface area contributed by atoms with Crippen LogP contribution in [0.1, 0.15) is 13.3 Å². The molecule has 1 atom stereocenters. The van der Waals surface area contributed by atoms with Crippen molar-refractivity contribution in [3.63, 3.8) is 0 Å². The summed E-state index contributed by atoms with van der Waals surface area (Å²) in [7, 11) is 0. The highest BCUT2D eigenvalue weighted by molar-refractivity contribution is 4.79. The molecule has 1 aliphatic heterocycles. The second kappa shape index (κ2) is 3.35. The Hall–Kier alpha value is -0.700. The molecule has 1 N–H and O–H groups in total. The number of hydrogen-bond acceptors (Lipinski definition) is 1. The maximum absolute atomic E-state index is 3.39. The summed E-state index contributed by atoms with van der Waals surface area (Å²) in [6.07, 6.45) is 5.64. The lowest BCUT2D eigenvalue weighted by Gasteiger charge is -2.21. The molecule has 0 saturated carbocycles. The Labute approximate surface area is 73.3 Å². The zero-order chi connectivity index (χ0) is 8.39. The van der Waals surface area contributed by atoms with Crippen LogP contribution in [-0.2, 0) is 13.1 Å². The zero-order valence-electron chi connectivity index (χ0n) is 7.66. The fourth-order valence-corrected chi connectivity index (χ4v) is 1.84. The van der Waals surface area contributed by atoms with Crippen LogP contribution in [0, 0.1) is 5.92 Å². The maximum atomic E-state index is 3.39. The average molecular weight is 167 g/mol. The largest absolute Gasteiger partial charge is 0.316 e. The summed E-state index contributed by atoms with van der Waals surface area (Å²) in [6, 6.07) is 0. The summed E-state index contributed by atoms with van der Waals surface area (Å²) in [5.74, 6) is 0.851. The van der Waals surface area contributed by atoms with E-state index in [4.69, 9.17) is 0 Å². The van der Waals surface area contributed by atoms with Crippen molar-refractivity contribution in [2.45, 2.75) is 26.4 Å². The first-order valence-corrected chi connectivity index (χ1v) is 4.82. The molecule has 2 rings (SSSR count). The van der Waals surface area contributed by atoms with Gasteiger partial charge >= 0.3 is 0 Å². The summed E-state index contributed by atoms with van der Waals surface area (Å²) < 4.78 is 4.58. The highest BCUT2D eigenvalue weighted by Gasteiger charge is 2.15. The van der Waals surface area contributed by atoms with Crippen LogP contribution in [0.2, 0.25) is 0 Å². The Morgan fingerprint density at radius 2 is 2.25 bits per heavy atom. The monoisotopic (exact) mass is 167 g/mol. The van der Waals surface area contributed by atoms with E-state index in [0.717, 1.165) is 12.5 Å². The number of nitrogens with one attached hydrogen (secondary N) is 1. The average Bonchev–Trinajstić information content (AvgIpc) is 2.51. The summed E-state index contributed by atoms with van der Waals surface area (Å²) in [6.45, 7) is 6.87. The second-order valence-corrected chi connectivity index (χ2v) is 3.53. The molecule has 12 heavy (non-hydrogen) atoms. The molecule has 0 radical (unpaired) electrons. The molecule has 0 amide bonds. The Kier molecular flexibility index (Phi) is 2.21. The third-order valence-electron chi connectivity index (χ3n) is 2.67. The molecule has 1 aromatic rings. The normalized spacial score (nSPS) is 23.6. The first-order chi connectivity index (χ1) is 5.90. The van der Waals surface area contributed by atoms with E-state index < -0.39 is 0 Å². The minimum absolute atomic E-state index is 0.851. The van der Waals surface area contributed by atoms with E-state index in [9.17, 15) is 0 Å². The van der Waals surface area contributed by atoms with Crippen LogP contribution < -0.4 is 5.32 Å². The van der Waals surface area contributed by atoms with Crippen molar-refractivity contribution < 1.29 is 0 Å². The topological polar surface area (TPSA) is 21.9 Å². The Morgan fingerprint density at radius 3 is 2.75 bits per heavy atom. The molecule has 2 heterocycles. The van der Waals surface area contributed by atoms with Crippen molar-refractivity contribution in [1.82, 2.24) is 14.7 Å². The van der Waals surface area contributed by atoms with Gasteiger partial charge in [-0.2, -0.15) is 0 Å². The van der Waals surface area contributed by atoms with Crippen molar-refractivity contribution in [1.29, 1.82) is 0 Å². The number of aryl methyl sites for hydroxylation is 1. The van der Waals surface area contributed by atoms with Gasteiger partial charge in [-0.3, -0.25) is 9.36 Å². The number of rotatable bonds is 3. The molecule has 1 unspecified atom stereocenters. The van der Waals surface area contributed by atoms with Crippen LogP contribution in [0.4, 0.5) is 0 Å². The third-order valence-corrected chi connectivity index (χ3v) is 2.67. The molecular formula is C9H17N3. The molecule has 0 aromatic carbocycles. The molecule has 0 spiro atoms. The van der Waals surface area contributed by atoms with Crippen LogP contribution in [0.25, 0.3) is 0 Å². The van der Waals surface area contributed by atoms with E-state index in [-0.39, 0.29) is 0 Å². The van der Waals surface area contributed by atoms with Crippen LogP contribution in [-0.4, -0.2) is 22.5 Å². The maximum Gasteiger partial charge on any atom is 0.0430 e.